The second-order valence-corrected chi connectivity index (χ2v) is 2.96. The SMILES string of the molecule is COCCOCCOc1cnc(CO)cn1. The zero-order chi connectivity index (χ0) is 11.6. The van der Waals surface area contributed by atoms with E-state index in [1.807, 2.05) is 0 Å². The summed E-state index contributed by atoms with van der Waals surface area (Å²) in [6, 6.07) is 0. The zero-order valence-corrected chi connectivity index (χ0v) is 9.26. The number of rotatable bonds is 8. The predicted molar refractivity (Wildman–Crippen MR) is 56.1 cm³/mol. The first-order valence-corrected chi connectivity index (χ1v) is 4.98. The van der Waals surface area contributed by atoms with Crippen molar-refractivity contribution in [1.29, 1.82) is 0 Å². The van der Waals surface area contributed by atoms with Gasteiger partial charge >= 0.3 is 0 Å². The van der Waals surface area contributed by atoms with E-state index in [0.717, 1.165) is 0 Å². The molecule has 90 valence electrons. The third-order valence-electron chi connectivity index (χ3n) is 1.75. The second kappa shape index (κ2) is 7.98. The van der Waals surface area contributed by atoms with Crippen LogP contribution < -0.4 is 4.74 Å². The highest BCUT2D eigenvalue weighted by Gasteiger charge is 1.97. The number of aromatic nitrogens is 2. The summed E-state index contributed by atoms with van der Waals surface area (Å²) in [5, 5.41) is 8.75. The van der Waals surface area contributed by atoms with E-state index in [0.29, 0.717) is 38.0 Å². The van der Waals surface area contributed by atoms with Crippen molar-refractivity contribution in [2.45, 2.75) is 6.61 Å². The average molecular weight is 228 g/mol. The Hall–Kier alpha value is -1.24. The first kappa shape index (κ1) is 12.8. The molecular formula is C10H16N2O4. The molecule has 0 aliphatic heterocycles. The highest BCUT2D eigenvalue weighted by Crippen LogP contribution is 2.03. The number of hydrogen-bond donors (Lipinski definition) is 1. The van der Waals surface area contributed by atoms with Crippen LogP contribution in [-0.2, 0) is 16.1 Å². The van der Waals surface area contributed by atoms with Crippen LogP contribution in [0.2, 0.25) is 0 Å². The summed E-state index contributed by atoms with van der Waals surface area (Å²) in [5.74, 6) is 0.424. The standard InChI is InChI=1S/C10H16N2O4/c1-14-2-3-15-4-5-16-10-7-11-9(8-13)6-12-10/h6-7,13H,2-5,8H2,1H3. The highest BCUT2D eigenvalue weighted by atomic mass is 16.5. The van der Waals surface area contributed by atoms with Gasteiger partial charge in [-0.05, 0) is 0 Å². The van der Waals surface area contributed by atoms with Crippen molar-refractivity contribution >= 4 is 0 Å². The maximum atomic E-state index is 8.75. The molecular weight excluding hydrogens is 212 g/mol. The zero-order valence-electron chi connectivity index (χ0n) is 9.26. The molecule has 1 rings (SSSR count). The summed E-state index contributed by atoms with van der Waals surface area (Å²) >= 11 is 0. The minimum absolute atomic E-state index is 0.118. The third-order valence-corrected chi connectivity index (χ3v) is 1.75. The molecule has 0 unspecified atom stereocenters. The van der Waals surface area contributed by atoms with Crippen molar-refractivity contribution in [2.75, 3.05) is 33.5 Å². The molecule has 16 heavy (non-hydrogen) atoms. The van der Waals surface area contributed by atoms with E-state index in [2.05, 4.69) is 9.97 Å². The lowest BCUT2D eigenvalue weighted by molar-refractivity contribution is 0.0536. The van der Waals surface area contributed by atoms with Gasteiger partial charge in [-0.3, -0.25) is 4.98 Å². The maximum Gasteiger partial charge on any atom is 0.232 e. The van der Waals surface area contributed by atoms with Gasteiger partial charge in [0.1, 0.15) is 6.61 Å². The topological polar surface area (TPSA) is 73.7 Å². The van der Waals surface area contributed by atoms with Crippen molar-refractivity contribution in [3.63, 3.8) is 0 Å². The van der Waals surface area contributed by atoms with Crippen LogP contribution in [0.3, 0.4) is 0 Å². The van der Waals surface area contributed by atoms with E-state index in [1.165, 1.54) is 12.4 Å². The normalized spacial score (nSPS) is 10.4. The Balaban J connectivity index is 2.12. The van der Waals surface area contributed by atoms with Crippen molar-refractivity contribution in [2.24, 2.45) is 0 Å². The molecule has 1 aromatic rings. The van der Waals surface area contributed by atoms with Crippen LogP contribution in [-0.4, -0.2) is 48.6 Å². The molecule has 0 fully saturated rings. The van der Waals surface area contributed by atoms with Gasteiger partial charge in [0.05, 0.1) is 44.5 Å². The van der Waals surface area contributed by atoms with Crippen LogP contribution in [0.4, 0.5) is 0 Å². The van der Waals surface area contributed by atoms with Gasteiger partial charge in [0.15, 0.2) is 0 Å². The van der Waals surface area contributed by atoms with Gasteiger partial charge in [-0.25, -0.2) is 4.98 Å². The van der Waals surface area contributed by atoms with Gasteiger partial charge in [-0.2, -0.15) is 0 Å². The van der Waals surface area contributed by atoms with Crippen LogP contribution in [0.25, 0.3) is 0 Å². The lowest BCUT2D eigenvalue weighted by atomic mass is 10.5. The number of aliphatic hydroxyl groups excluding tert-OH is 1. The molecule has 0 aromatic carbocycles. The van der Waals surface area contributed by atoms with Crippen LogP contribution in [0.5, 0.6) is 5.88 Å². The molecule has 0 aliphatic carbocycles. The first-order chi connectivity index (χ1) is 7.86. The van der Waals surface area contributed by atoms with Gasteiger partial charge in [-0.1, -0.05) is 0 Å². The monoisotopic (exact) mass is 228 g/mol. The smallest absolute Gasteiger partial charge is 0.232 e. The third kappa shape index (κ3) is 5.01. The summed E-state index contributed by atoms with van der Waals surface area (Å²) in [4.78, 5) is 7.89. The van der Waals surface area contributed by atoms with E-state index in [4.69, 9.17) is 19.3 Å². The molecule has 0 aliphatic rings. The summed E-state index contributed by atoms with van der Waals surface area (Å²) in [7, 11) is 1.62. The molecule has 0 bridgehead atoms. The molecule has 1 aromatic heterocycles. The fourth-order valence-corrected chi connectivity index (χ4v) is 0.949. The Kier molecular flexibility index (Phi) is 6.39. The number of methoxy groups -OCH3 is 1. The summed E-state index contributed by atoms with van der Waals surface area (Å²) < 4.78 is 15.3. The Morgan fingerprint density at radius 1 is 1.12 bits per heavy atom. The fraction of sp³-hybridized carbons (Fsp3) is 0.600. The summed E-state index contributed by atoms with van der Waals surface area (Å²) in [6.45, 7) is 1.90. The second-order valence-electron chi connectivity index (χ2n) is 2.96. The van der Waals surface area contributed by atoms with E-state index >= 15 is 0 Å². The lowest BCUT2D eigenvalue weighted by Crippen LogP contribution is -2.10. The molecule has 0 amide bonds. The largest absolute Gasteiger partial charge is 0.474 e. The number of aliphatic hydroxyl groups is 1. The molecule has 6 heteroatoms. The molecule has 0 radical (unpaired) electrons. The molecule has 6 nitrogen and oxygen atoms in total. The predicted octanol–water partition coefficient (Wildman–Crippen LogP) is 0.0107. The van der Waals surface area contributed by atoms with Crippen LogP contribution in [0, 0.1) is 0 Å². The van der Waals surface area contributed by atoms with Crippen LogP contribution in [0.15, 0.2) is 12.4 Å². The molecule has 0 spiro atoms. The van der Waals surface area contributed by atoms with Crippen molar-refractivity contribution in [1.82, 2.24) is 9.97 Å². The molecule has 0 saturated heterocycles. The number of nitrogens with zero attached hydrogens (tertiary/aromatic N) is 2. The van der Waals surface area contributed by atoms with Gasteiger partial charge in [-0.15, -0.1) is 0 Å². The number of ether oxygens (including phenoxy) is 3. The van der Waals surface area contributed by atoms with Crippen molar-refractivity contribution < 1.29 is 19.3 Å². The van der Waals surface area contributed by atoms with Gasteiger partial charge in [0.25, 0.3) is 0 Å². The molecule has 1 N–H and O–H groups in total. The van der Waals surface area contributed by atoms with Gasteiger partial charge in [0, 0.05) is 7.11 Å². The van der Waals surface area contributed by atoms with E-state index in [1.54, 1.807) is 7.11 Å². The van der Waals surface area contributed by atoms with Gasteiger partial charge in [0.2, 0.25) is 5.88 Å². The van der Waals surface area contributed by atoms with Crippen molar-refractivity contribution in [3.8, 4) is 5.88 Å². The molecule has 1 heterocycles. The fourth-order valence-electron chi connectivity index (χ4n) is 0.949. The average Bonchev–Trinajstić information content (AvgIpc) is 2.34. The molecule has 0 saturated carbocycles. The van der Waals surface area contributed by atoms with E-state index in [-0.39, 0.29) is 6.61 Å². The minimum atomic E-state index is -0.118. The van der Waals surface area contributed by atoms with E-state index in [9.17, 15) is 0 Å². The Morgan fingerprint density at radius 2 is 1.94 bits per heavy atom. The number of hydrogen-bond acceptors (Lipinski definition) is 6. The van der Waals surface area contributed by atoms with Crippen LogP contribution >= 0.6 is 0 Å². The summed E-state index contributed by atoms with van der Waals surface area (Å²) in [6.07, 6.45) is 2.95. The highest BCUT2D eigenvalue weighted by molar-refractivity contribution is 5.06. The first-order valence-electron chi connectivity index (χ1n) is 4.98. The van der Waals surface area contributed by atoms with E-state index < -0.39 is 0 Å². The molecule has 0 atom stereocenters. The Morgan fingerprint density at radius 3 is 2.56 bits per heavy atom. The lowest BCUT2D eigenvalue weighted by Gasteiger charge is -2.05. The maximum absolute atomic E-state index is 8.75. The quantitative estimate of drug-likeness (QED) is 0.632. The Labute approximate surface area is 94.2 Å². The Bertz CT molecular complexity index is 279. The minimum Gasteiger partial charge on any atom is -0.474 e. The van der Waals surface area contributed by atoms with Gasteiger partial charge < -0.3 is 19.3 Å². The summed E-state index contributed by atoms with van der Waals surface area (Å²) in [5.41, 5.74) is 0.517. The van der Waals surface area contributed by atoms with Crippen LogP contribution in [0.1, 0.15) is 5.69 Å². The van der Waals surface area contributed by atoms with Crippen molar-refractivity contribution in [3.05, 3.63) is 18.1 Å².